The van der Waals surface area contributed by atoms with Crippen LogP contribution in [0.5, 0.6) is 5.75 Å². The van der Waals surface area contributed by atoms with Gasteiger partial charge in [0.25, 0.3) is 5.92 Å². The van der Waals surface area contributed by atoms with Crippen molar-refractivity contribution in [2.24, 2.45) is 11.5 Å². The molecular weight excluding hydrogens is 284 g/mol. The molecule has 0 saturated carbocycles. The highest BCUT2D eigenvalue weighted by Gasteiger charge is 2.26. The minimum Gasteiger partial charge on any atom is -0.493 e. The summed E-state index contributed by atoms with van der Waals surface area (Å²) >= 11 is 0. The lowest BCUT2D eigenvalue weighted by molar-refractivity contribution is -0.123. The molecule has 0 radical (unpaired) electrons. The number of nitrogens with one attached hydrogen (secondary N) is 1. The topological polar surface area (TPSA) is 107 Å². The molecule has 0 atom stereocenters. The first-order valence-corrected chi connectivity index (χ1v) is 6.21. The minimum atomic E-state index is -3.11. The standard InChI is InChI=1S/C13H17F2N3O3/c14-13(15,7-16)8-18-11(19)5-6-21-10-3-1-9(2-4-10)12(17)20/h1-4H,5-8,16H2,(H2,17,20)(H,18,19). The van der Waals surface area contributed by atoms with Gasteiger partial charge in [0.05, 0.1) is 26.1 Å². The average molecular weight is 301 g/mol. The lowest BCUT2D eigenvalue weighted by Crippen LogP contribution is -2.41. The number of hydrogen-bond donors (Lipinski definition) is 3. The van der Waals surface area contributed by atoms with E-state index in [0.717, 1.165) is 0 Å². The van der Waals surface area contributed by atoms with E-state index in [-0.39, 0.29) is 13.0 Å². The van der Waals surface area contributed by atoms with Gasteiger partial charge in [-0.25, -0.2) is 8.78 Å². The van der Waals surface area contributed by atoms with E-state index in [2.05, 4.69) is 5.32 Å². The lowest BCUT2D eigenvalue weighted by Gasteiger charge is -2.14. The molecule has 1 aromatic rings. The molecule has 5 N–H and O–H groups in total. The van der Waals surface area contributed by atoms with Gasteiger partial charge >= 0.3 is 0 Å². The Morgan fingerprint density at radius 3 is 2.38 bits per heavy atom. The molecule has 6 nitrogen and oxygen atoms in total. The maximum atomic E-state index is 12.8. The maximum absolute atomic E-state index is 12.8. The summed E-state index contributed by atoms with van der Waals surface area (Å²) in [6.07, 6.45) is -0.0712. The molecule has 21 heavy (non-hydrogen) atoms. The molecule has 0 aliphatic heterocycles. The van der Waals surface area contributed by atoms with Gasteiger partial charge in [-0.15, -0.1) is 0 Å². The second-order valence-corrected chi connectivity index (χ2v) is 4.32. The SMILES string of the molecule is NCC(F)(F)CNC(=O)CCOc1ccc(C(N)=O)cc1. The van der Waals surface area contributed by atoms with Crippen molar-refractivity contribution in [3.8, 4) is 5.75 Å². The number of halogens is 2. The Morgan fingerprint density at radius 1 is 1.24 bits per heavy atom. The van der Waals surface area contributed by atoms with Crippen LogP contribution < -0.4 is 21.5 Å². The van der Waals surface area contributed by atoms with Crippen LogP contribution >= 0.6 is 0 Å². The average Bonchev–Trinajstić information content (AvgIpc) is 2.46. The summed E-state index contributed by atoms with van der Waals surface area (Å²) in [5, 5.41) is 2.07. The molecule has 1 rings (SSSR count). The Bertz CT molecular complexity index is 492. The van der Waals surface area contributed by atoms with Crippen molar-refractivity contribution >= 4 is 11.8 Å². The first-order valence-electron chi connectivity index (χ1n) is 6.21. The number of hydrogen-bond acceptors (Lipinski definition) is 4. The largest absolute Gasteiger partial charge is 0.493 e. The third-order valence-corrected chi connectivity index (χ3v) is 2.58. The molecule has 0 aliphatic carbocycles. The molecule has 0 unspecified atom stereocenters. The normalized spacial score (nSPS) is 11.0. The van der Waals surface area contributed by atoms with E-state index in [9.17, 15) is 18.4 Å². The summed E-state index contributed by atoms with van der Waals surface area (Å²) in [6, 6.07) is 6.03. The highest BCUT2D eigenvalue weighted by atomic mass is 19.3. The van der Waals surface area contributed by atoms with Crippen LogP contribution in [-0.4, -0.2) is 37.4 Å². The molecule has 0 fully saturated rings. The number of alkyl halides is 2. The summed E-state index contributed by atoms with van der Waals surface area (Å²) < 4.78 is 30.8. The van der Waals surface area contributed by atoms with Gasteiger partial charge in [-0.2, -0.15) is 0 Å². The second-order valence-electron chi connectivity index (χ2n) is 4.32. The number of ether oxygens (including phenoxy) is 1. The van der Waals surface area contributed by atoms with Crippen molar-refractivity contribution in [1.29, 1.82) is 0 Å². The van der Waals surface area contributed by atoms with E-state index in [1.165, 1.54) is 24.3 Å². The van der Waals surface area contributed by atoms with Crippen molar-refractivity contribution in [2.45, 2.75) is 12.3 Å². The van der Waals surface area contributed by atoms with Crippen LogP contribution in [0.4, 0.5) is 8.78 Å². The Kier molecular flexibility index (Phi) is 6.04. The number of carbonyl (C=O) groups excluding carboxylic acids is 2. The summed E-state index contributed by atoms with van der Waals surface area (Å²) in [5.41, 5.74) is 10.3. The van der Waals surface area contributed by atoms with Crippen LogP contribution in [-0.2, 0) is 4.79 Å². The molecule has 8 heteroatoms. The summed E-state index contributed by atoms with van der Waals surface area (Å²) in [6.45, 7) is -1.60. The molecule has 116 valence electrons. The van der Waals surface area contributed by atoms with Crippen molar-refractivity contribution < 1.29 is 23.1 Å². The van der Waals surface area contributed by atoms with Gasteiger partial charge in [0.1, 0.15) is 5.75 Å². The number of primary amides is 1. The third kappa shape index (κ3) is 6.17. The molecular formula is C13H17F2N3O3. The molecule has 2 amide bonds. The zero-order chi connectivity index (χ0) is 15.9. The maximum Gasteiger partial charge on any atom is 0.277 e. The zero-order valence-corrected chi connectivity index (χ0v) is 11.3. The van der Waals surface area contributed by atoms with Gasteiger partial charge in [-0.3, -0.25) is 9.59 Å². The molecule has 0 aromatic heterocycles. The zero-order valence-electron chi connectivity index (χ0n) is 11.3. The Hall–Kier alpha value is -2.22. The quantitative estimate of drug-likeness (QED) is 0.640. The van der Waals surface area contributed by atoms with Gasteiger partial charge in [-0.05, 0) is 24.3 Å². The van der Waals surface area contributed by atoms with Crippen LogP contribution in [0.25, 0.3) is 0 Å². The van der Waals surface area contributed by atoms with E-state index in [4.69, 9.17) is 16.2 Å². The van der Waals surface area contributed by atoms with Crippen molar-refractivity contribution in [2.75, 3.05) is 19.7 Å². The van der Waals surface area contributed by atoms with Crippen LogP contribution in [0.1, 0.15) is 16.8 Å². The predicted octanol–water partition coefficient (Wildman–Crippen LogP) is 0.265. The molecule has 0 aliphatic rings. The van der Waals surface area contributed by atoms with Crippen LogP contribution in [0.3, 0.4) is 0 Å². The molecule has 0 spiro atoms. The fourth-order valence-corrected chi connectivity index (χ4v) is 1.37. The highest BCUT2D eigenvalue weighted by Crippen LogP contribution is 2.12. The number of nitrogens with two attached hydrogens (primary N) is 2. The molecule has 1 aromatic carbocycles. The van der Waals surface area contributed by atoms with E-state index in [1.807, 2.05) is 0 Å². The number of amides is 2. The summed E-state index contributed by atoms with van der Waals surface area (Å²) in [7, 11) is 0. The fraction of sp³-hybridized carbons (Fsp3) is 0.385. The third-order valence-electron chi connectivity index (χ3n) is 2.58. The van der Waals surface area contributed by atoms with Crippen LogP contribution in [0.2, 0.25) is 0 Å². The summed E-state index contributed by atoms with van der Waals surface area (Å²) in [5.74, 6) is -3.78. The number of benzene rings is 1. The Morgan fingerprint density at radius 2 is 1.86 bits per heavy atom. The number of carbonyl (C=O) groups is 2. The van der Waals surface area contributed by atoms with Gasteiger partial charge in [0.15, 0.2) is 0 Å². The first kappa shape index (κ1) is 16.8. The minimum absolute atomic E-state index is 0.0238. The lowest BCUT2D eigenvalue weighted by atomic mass is 10.2. The van der Waals surface area contributed by atoms with E-state index in [1.54, 1.807) is 0 Å². The number of rotatable bonds is 8. The predicted molar refractivity (Wildman–Crippen MR) is 72.1 cm³/mol. The van der Waals surface area contributed by atoms with Crippen molar-refractivity contribution in [3.63, 3.8) is 0 Å². The Labute approximate surface area is 120 Å². The first-order chi connectivity index (χ1) is 9.84. The van der Waals surface area contributed by atoms with Crippen LogP contribution in [0, 0.1) is 0 Å². The van der Waals surface area contributed by atoms with Gasteiger partial charge in [0, 0.05) is 5.56 Å². The van der Waals surface area contributed by atoms with E-state index >= 15 is 0 Å². The monoisotopic (exact) mass is 301 g/mol. The summed E-state index contributed by atoms with van der Waals surface area (Å²) in [4.78, 5) is 22.2. The smallest absolute Gasteiger partial charge is 0.277 e. The fourth-order valence-electron chi connectivity index (χ4n) is 1.37. The van der Waals surface area contributed by atoms with Gasteiger partial charge in [0.2, 0.25) is 11.8 Å². The van der Waals surface area contributed by atoms with E-state index < -0.39 is 30.8 Å². The van der Waals surface area contributed by atoms with Crippen molar-refractivity contribution in [3.05, 3.63) is 29.8 Å². The van der Waals surface area contributed by atoms with Gasteiger partial charge < -0.3 is 21.5 Å². The van der Waals surface area contributed by atoms with Crippen LogP contribution in [0.15, 0.2) is 24.3 Å². The van der Waals surface area contributed by atoms with Crippen molar-refractivity contribution in [1.82, 2.24) is 5.32 Å². The molecule has 0 saturated heterocycles. The van der Waals surface area contributed by atoms with Gasteiger partial charge in [-0.1, -0.05) is 0 Å². The highest BCUT2D eigenvalue weighted by molar-refractivity contribution is 5.92. The van der Waals surface area contributed by atoms with E-state index in [0.29, 0.717) is 11.3 Å². The molecule has 0 bridgehead atoms. The Balaban J connectivity index is 2.30. The molecule has 0 heterocycles. The second kappa shape index (κ2) is 7.53.